The first-order valence-electron chi connectivity index (χ1n) is 8.58. The van der Waals surface area contributed by atoms with Crippen molar-refractivity contribution in [2.45, 2.75) is 17.1 Å². The smallest absolute Gasteiger partial charge is 0.253 e. The second-order valence-electron chi connectivity index (χ2n) is 5.79. The van der Waals surface area contributed by atoms with Crippen LogP contribution in [-0.4, -0.2) is 17.4 Å². The molecule has 0 unspecified atom stereocenters. The number of carbonyl (C=O) groups is 1. The SMILES string of the molecule is C[C@H](Sc1ccccc1)C(=O)N/N=C\c1cccc(Oc2ccccc2)c1. The van der Waals surface area contributed by atoms with Gasteiger partial charge in [-0.3, -0.25) is 4.79 Å². The zero-order chi connectivity index (χ0) is 18.9. The molecule has 0 aromatic heterocycles. The number of para-hydroxylation sites is 1. The topological polar surface area (TPSA) is 50.7 Å². The molecular formula is C22H20N2O2S. The van der Waals surface area contributed by atoms with Gasteiger partial charge < -0.3 is 4.74 Å². The van der Waals surface area contributed by atoms with E-state index in [4.69, 9.17) is 4.74 Å². The quantitative estimate of drug-likeness (QED) is 0.354. The summed E-state index contributed by atoms with van der Waals surface area (Å²) >= 11 is 1.50. The number of rotatable bonds is 7. The van der Waals surface area contributed by atoms with Crippen LogP contribution in [0.3, 0.4) is 0 Å². The molecule has 1 atom stereocenters. The first-order valence-corrected chi connectivity index (χ1v) is 9.46. The minimum absolute atomic E-state index is 0.142. The molecule has 5 heteroatoms. The molecule has 3 rings (SSSR count). The summed E-state index contributed by atoms with van der Waals surface area (Å²) in [4.78, 5) is 13.2. The highest BCUT2D eigenvalue weighted by Crippen LogP contribution is 2.23. The third-order valence-corrected chi connectivity index (χ3v) is 4.76. The third kappa shape index (κ3) is 6.01. The number of amides is 1. The maximum Gasteiger partial charge on any atom is 0.253 e. The third-order valence-electron chi connectivity index (χ3n) is 3.65. The molecule has 0 saturated carbocycles. The Labute approximate surface area is 163 Å². The van der Waals surface area contributed by atoms with Crippen molar-refractivity contribution in [3.63, 3.8) is 0 Å². The fourth-order valence-electron chi connectivity index (χ4n) is 2.30. The van der Waals surface area contributed by atoms with Gasteiger partial charge in [0.15, 0.2) is 0 Å². The standard InChI is InChI=1S/C22H20N2O2S/c1-17(27-21-13-6-3-7-14-21)22(25)24-23-16-18-9-8-12-20(15-18)26-19-10-4-2-5-11-19/h2-17H,1H3,(H,24,25)/b23-16-/t17-/m0/s1. The molecule has 0 saturated heterocycles. The van der Waals surface area contributed by atoms with Gasteiger partial charge in [0.25, 0.3) is 5.91 Å². The van der Waals surface area contributed by atoms with Gasteiger partial charge in [0.05, 0.1) is 11.5 Å². The van der Waals surface area contributed by atoms with Crippen molar-refractivity contribution < 1.29 is 9.53 Å². The lowest BCUT2D eigenvalue weighted by atomic mass is 10.2. The normalized spacial score (nSPS) is 11.9. The van der Waals surface area contributed by atoms with Crippen LogP contribution in [0.25, 0.3) is 0 Å². The van der Waals surface area contributed by atoms with Crippen molar-refractivity contribution in [2.75, 3.05) is 0 Å². The molecule has 0 aliphatic heterocycles. The number of benzene rings is 3. The number of carbonyl (C=O) groups excluding carboxylic acids is 1. The average Bonchev–Trinajstić information content (AvgIpc) is 2.70. The summed E-state index contributed by atoms with van der Waals surface area (Å²) < 4.78 is 5.80. The van der Waals surface area contributed by atoms with Gasteiger partial charge in [-0.2, -0.15) is 5.10 Å². The maximum atomic E-state index is 12.2. The first kappa shape index (κ1) is 18.7. The van der Waals surface area contributed by atoms with Gasteiger partial charge in [-0.15, -0.1) is 11.8 Å². The number of ether oxygens (including phenoxy) is 1. The Hall–Kier alpha value is -3.05. The molecule has 0 heterocycles. The summed E-state index contributed by atoms with van der Waals surface area (Å²) in [6.45, 7) is 1.86. The van der Waals surface area contributed by atoms with E-state index in [1.807, 2.05) is 91.9 Å². The lowest BCUT2D eigenvalue weighted by Gasteiger charge is -2.09. The molecule has 0 bridgehead atoms. The van der Waals surface area contributed by atoms with Gasteiger partial charge in [0, 0.05) is 4.90 Å². The minimum Gasteiger partial charge on any atom is -0.457 e. The van der Waals surface area contributed by atoms with E-state index in [-0.39, 0.29) is 11.2 Å². The molecule has 0 spiro atoms. The number of hydrogen-bond acceptors (Lipinski definition) is 4. The fraction of sp³-hybridized carbons (Fsp3) is 0.0909. The van der Waals surface area contributed by atoms with E-state index >= 15 is 0 Å². The van der Waals surface area contributed by atoms with Crippen molar-refractivity contribution in [3.05, 3.63) is 90.5 Å². The average molecular weight is 376 g/mol. The molecule has 0 aliphatic rings. The van der Waals surface area contributed by atoms with Gasteiger partial charge in [0.2, 0.25) is 0 Å². The van der Waals surface area contributed by atoms with Crippen LogP contribution in [0.2, 0.25) is 0 Å². The summed E-state index contributed by atoms with van der Waals surface area (Å²) in [5.74, 6) is 1.34. The van der Waals surface area contributed by atoms with Gasteiger partial charge in [-0.25, -0.2) is 5.43 Å². The molecule has 27 heavy (non-hydrogen) atoms. The molecule has 3 aromatic rings. The molecule has 0 radical (unpaired) electrons. The fourth-order valence-corrected chi connectivity index (χ4v) is 3.18. The molecule has 0 fully saturated rings. The van der Waals surface area contributed by atoms with Crippen LogP contribution in [-0.2, 0) is 4.79 Å². The molecule has 1 amide bonds. The summed E-state index contributed by atoms with van der Waals surface area (Å²) in [6, 6.07) is 26.9. The Morgan fingerprint density at radius 1 is 0.963 bits per heavy atom. The van der Waals surface area contributed by atoms with E-state index in [2.05, 4.69) is 10.5 Å². The van der Waals surface area contributed by atoms with E-state index in [0.29, 0.717) is 5.75 Å². The first-order chi connectivity index (χ1) is 13.2. The van der Waals surface area contributed by atoms with E-state index in [1.54, 1.807) is 6.21 Å². The lowest BCUT2D eigenvalue weighted by molar-refractivity contribution is -0.120. The zero-order valence-corrected chi connectivity index (χ0v) is 15.7. The molecule has 136 valence electrons. The summed E-state index contributed by atoms with van der Waals surface area (Å²) in [5.41, 5.74) is 3.43. The Balaban J connectivity index is 1.54. The number of thioether (sulfide) groups is 1. The Bertz CT molecular complexity index is 898. The Morgan fingerprint density at radius 2 is 1.63 bits per heavy atom. The van der Waals surface area contributed by atoms with Crippen LogP contribution in [0.5, 0.6) is 11.5 Å². The predicted octanol–water partition coefficient (Wildman–Crippen LogP) is 5.11. The van der Waals surface area contributed by atoms with E-state index in [0.717, 1.165) is 16.2 Å². The maximum absolute atomic E-state index is 12.2. The molecule has 3 aromatic carbocycles. The number of hydrazone groups is 1. The monoisotopic (exact) mass is 376 g/mol. The van der Waals surface area contributed by atoms with Crippen LogP contribution in [0, 0.1) is 0 Å². The highest BCUT2D eigenvalue weighted by molar-refractivity contribution is 8.00. The highest BCUT2D eigenvalue weighted by atomic mass is 32.2. The zero-order valence-electron chi connectivity index (χ0n) is 14.9. The van der Waals surface area contributed by atoms with Crippen molar-refractivity contribution >= 4 is 23.9 Å². The number of nitrogens with one attached hydrogen (secondary N) is 1. The van der Waals surface area contributed by atoms with Crippen LogP contribution >= 0.6 is 11.8 Å². The van der Waals surface area contributed by atoms with E-state index in [9.17, 15) is 4.79 Å². The molecule has 0 aliphatic carbocycles. The number of hydrogen-bond donors (Lipinski definition) is 1. The second-order valence-corrected chi connectivity index (χ2v) is 7.21. The second kappa shape index (κ2) is 9.59. The van der Waals surface area contributed by atoms with Gasteiger partial charge in [0.1, 0.15) is 11.5 Å². The van der Waals surface area contributed by atoms with Crippen LogP contribution in [0.15, 0.2) is 94.9 Å². The Kier molecular flexibility index (Phi) is 6.66. The van der Waals surface area contributed by atoms with Crippen LogP contribution < -0.4 is 10.2 Å². The summed E-state index contributed by atoms with van der Waals surface area (Å²) in [5, 5.41) is 3.82. The van der Waals surface area contributed by atoms with Crippen molar-refractivity contribution in [1.29, 1.82) is 0 Å². The molecular weight excluding hydrogens is 356 g/mol. The van der Waals surface area contributed by atoms with Gasteiger partial charge >= 0.3 is 0 Å². The van der Waals surface area contributed by atoms with Crippen molar-refractivity contribution in [2.24, 2.45) is 5.10 Å². The van der Waals surface area contributed by atoms with Gasteiger partial charge in [-0.1, -0.05) is 48.5 Å². The van der Waals surface area contributed by atoms with Gasteiger partial charge in [-0.05, 0) is 48.9 Å². The van der Waals surface area contributed by atoms with Crippen LogP contribution in [0.1, 0.15) is 12.5 Å². The van der Waals surface area contributed by atoms with E-state index in [1.165, 1.54) is 11.8 Å². The van der Waals surface area contributed by atoms with Crippen LogP contribution in [0.4, 0.5) is 0 Å². The van der Waals surface area contributed by atoms with Crippen molar-refractivity contribution in [1.82, 2.24) is 5.43 Å². The molecule has 4 nitrogen and oxygen atoms in total. The summed E-state index contributed by atoms with van der Waals surface area (Å²) in [6.07, 6.45) is 1.61. The van der Waals surface area contributed by atoms with E-state index < -0.39 is 0 Å². The predicted molar refractivity (Wildman–Crippen MR) is 110 cm³/mol. The molecule has 1 N–H and O–H groups in total. The highest BCUT2D eigenvalue weighted by Gasteiger charge is 2.13. The number of nitrogens with zero attached hydrogens (tertiary/aromatic N) is 1. The minimum atomic E-state index is -0.239. The largest absolute Gasteiger partial charge is 0.457 e. The lowest BCUT2D eigenvalue weighted by Crippen LogP contribution is -2.26. The summed E-state index contributed by atoms with van der Waals surface area (Å²) in [7, 11) is 0. The van der Waals surface area contributed by atoms with Crippen molar-refractivity contribution in [3.8, 4) is 11.5 Å². The Morgan fingerprint density at radius 3 is 2.37 bits per heavy atom.